The van der Waals surface area contributed by atoms with Crippen LogP contribution in [0, 0.1) is 11.3 Å². The van der Waals surface area contributed by atoms with Crippen molar-refractivity contribution in [3.63, 3.8) is 0 Å². The summed E-state index contributed by atoms with van der Waals surface area (Å²) in [7, 11) is 0. The van der Waals surface area contributed by atoms with Gasteiger partial charge in [-0.3, -0.25) is 4.79 Å². The molecule has 162 valence electrons. The van der Waals surface area contributed by atoms with Crippen molar-refractivity contribution in [2.24, 2.45) is 0 Å². The zero-order chi connectivity index (χ0) is 23.0. The number of nitrogens with one attached hydrogen (secondary N) is 1. The van der Waals surface area contributed by atoms with Gasteiger partial charge in [-0.1, -0.05) is 49.2 Å². The summed E-state index contributed by atoms with van der Waals surface area (Å²) in [5, 5.41) is 13.6. The second-order valence-corrected chi connectivity index (χ2v) is 8.90. The number of carbonyl (C=O) groups excluding carboxylic acids is 1. The van der Waals surface area contributed by atoms with Crippen molar-refractivity contribution < 1.29 is 9.21 Å². The van der Waals surface area contributed by atoms with Crippen LogP contribution in [0.5, 0.6) is 0 Å². The molecule has 5 nitrogen and oxygen atoms in total. The zero-order valence-electron chi connectivity index (χ0n) is 17.3. The quantitative estimate of drug-likeness (QED) is 0.406. The van der Waals surface area contributed by atoms with E-state index >= 15 is 0 Å². The molecule has 1 aliphatic rings. The number of thiol groups is 1. The summed E-state index contributed by atoms with van der Waals surface area (Å²) >= 11 is 17.0. The van der Waals surface area contributed by atoms with Gasteiger partial charge in [0, 0.05) is 16.3 Å². The summed E-state index contributed by atoms with van der Waals surface area (Å²) in [5.41, 5.74) is 2.50. The van der Waals surface area contributed by atoms with E-state index in [1.807, 2.05) is 30.3 Å². The van der Waals surface area contributed by atoms with Gasteiger partial charge in [0.1, 0.15) is 23.2 Å². The number of rotatable bonds is 4. The number of anilines is 1. The molecule has 0 saturated carbocycles. The molecule has 1 unspecified atom stereocenters. The molecular formula is C24H19Cl2N3O2S. The summed E-state index contributed by atoms with van der Waals surface area (Å²) in [5.74, 6) is 0.821. The van der Waals surface area contributed by atoms with Gasteiger partial charge in [0.05, 0.1) is 10.1 Å². The van der Waals surface area contributed by atoms with Crippen LogP contribution in [-0.4, -0.2) is 5.91 Å². The maximum atomic E-state index is 12.6. The van der Waals surface area contributed by atoms with Crippen molar-refractivity contribution in [1.29, 1.82) is 5.26 Å². The van der Waals surface area contributed by atoms with Gasteiger partial charge in [0.2, 0.25) is 0 Å². The first-order chi connectivity index (χ1) is 15.3. The maximum absolute atomic E-state index is 12.6. The summed E-state index contributed by atoms with van der Waals surface area (Å²) in [6.07, 6.45) is -0.705. The average molecular weight is 484 g/mol. The molecule has 0 fully saturated rings. The molecule has 1 aliphatic heterocycles. The lowest BCUT2D eigenvalue weighted by molar-refractivity contribution is -0.118. The zero-order valence-corrected chi connectivity index (χ0v) is 19.7. The Hall–Kier alpha value is -2.85. The Bertz CT molecular complexity index is 1260. The number of nitriles is 1. The normalized spacial score (nSPS) is 16.3. The summed E-state index contributed by atoms with van der Waals surface area (Å²) in [4.78, 5) is 14.3. The Morgan fingerprint density at radius 2 is 1.84 bits per heavy atom. The molecule has 2 aromatic carbocycles. The van der Waals surface area contributed by atoms with Crippen molar-refractivity contribution in [1.82, 2.24) is 5.32 Å². The van der Waals surface area contributed by atoms with Crippen LogP contribution in [0.25, 0.3) is 11.3 Å². The molecule has 1 N–H and O–H groups in total. The fourth-order valence-electron chi connectivity index (χ4n) is 3.53. The van der Waals surface area contributed by atoms with Gasteiger partial charge >= 0.3 is 0 Å². The fraction of sp³-hybridized carbons (Fsp3) is 0.167. The van der Waals surface area contributed by atoms with E-state index in [9.17, 15) is 10.1 Å². The van der Waals surface area contributed by atoms with Gasteiger partial charge in [-0.25, -0.2) is 0 Å². The topological polar surface area (TPSA) is 69.3 Å². The Balaban J connectivity index is 1.79. The number of carbonyl (C=O) groups is 1. The third kappa shape index (κ3) is 4.12. The van der Waals surface area contributed by atoms with Crippen molar-refractivity contribution in [3.8, 4) is 17.4 Å². The summed E-state index contributed by atoms with van der Waals surface area (Å²) in [6, 6.07) is 18.5. The van der Waals surface area contributed by atoms with E-state index < -0.39 is 12.1 Å². The SMILES string of the molecule is CC(C)c1ccc(N2C(S)=C(C#N)C(=O)NC2c2ccc(-c3cc(Cl)ccc3Cl)o2)cc1. The van der Waals surface area contributed by atoms with Gasteiger partial charge in [-0.2, -0.15) is 5.26 Å². The summed E-state index contributed by atoms with van der Waals surface area (Å²) < 4.78 is 6.09. The number of hydrogen-bond acceptors (Lipinski definition) is 5. The molecule has 1 amide bonds. The Labute approximate surface area is 201 Å². The molecule has 0 spiro atoms. The van der Waals surface area contributed by atoms with Gasteiger partial charge in [-0.15, -0.1) is 12.6 Å². The number of benzene rings is 2. The first-order valence-corrected chi connectivity index (χ1v) is 11.1. The van der Waals surface area contributed by atoms with Crippen molar-refractivity contribution >= 4 is 47.4 Å². The molecular weight excluding hydrogens is 465 g/mol. The predicted octanol–water partition coefficient (Wildman–Crippen LogP) is 6.68. The molecule has 32 heavy (non-hydrogen) atoms. The molecule has 0 saturated heterocycles. The molecule has 0 bridgehead atoms. The molecule has 0 radical (unpaired) electrons. The van der Waals surface area contributed by atoms with Crippen LogP contribution in [-0.2, 0) is 4.79 Å². The molecule has 1 atom stereocenters. The van der Waals surface area contributed by atoms with Crippen LogP contribution in [0.1, 0.15) is 37.3 Å². The highest BCUT2D eigenvalue weighted by Gasteiger charge is 2.36. The molecule has 4 rings (SSSR count). The van der Waals surface area contributed by atoms with Crippen LogP contribution in [0.15, 0.2) is 69.6 Å². The summed E-state index contributed by atoms with van der Waals surface area (Å²) in [6.45, 7) is 4.23. The number of furan rings is 1. The monoisotopic (exact) mass is 483 g/mol. The molecule has 2 heterocycles. The van der Waals surface area contributed by atoms with Crippen LogP contribution in [0.3, 0.4) is 0 Å². The minimum atomic E-state index is -0.705. The Kier molecular flexibility index (Phi) is 6.25. The van der Waals surface area contributed by atoms with Crippen molar-refractivity contribution in [2.45, 2.75) is 25.9 Å². The van der Waals surface area contributed by atoms with Crippen LogP contribution >= 0.6 is 35.8 Å². The number of halogens is 2. The lowest BCUT2D eigenvalue weighted by atomic mass is 10.0. The van der Waals surface area contributed by atoms with Crippen LogP contribution < -0.4 is 10.2 Å². The van der Waals surface area contributed by atoms with E-state index in [0.29, 0.717) is 33.0 Å². The first kappa shape index (κ1) is 22.3. The lowest BCUT2D eigenvalue weighted by Gasteiger charge is -2.36. The minimum Gasteiger partial charge on any atom is -0.457 e. The highest BCUT2D eigenvalue weighted by molar-refractivity contribution is 7.84. The predicted molar refractivity (Wildman–Crippen MR) is 130 cm³/mol. The molecule has 3 aromatic rings. The van der Waals surface area contributed by atoms with Crippen molar-refractivity contribution in [3.05, 3.63) is 86.6 Å². The van der Waals surface area contributed by atoms with Gasteiger partial charge in [0.15, 0.2) is 6.17 Å². The Morgan fingerprint density at radius 1 is 1.12 bits per heavy atom. The van der Waals surface area contributed by atoms with E-state index in [4.69, 9.17) is 27.6 Å². The maximum Gasteiger partial charge on any atom is 0.266 e. The highest BCUT2D eigenvalue weighted by Crippen LogP contribution is 2.39. The molecule has 8 heteroatoms. The third-order valence-electron chi connectivity index (χ3n) is 5.24. The largest absolute Gasteiger partial charge is 0.457 e. The van der Waals surface area contributed by atoms with E-state index in [1.165, 1.54) is 5.56 Å². The standard InChI is InChI=1S/C24H19Cl2N3O2S/c1-13(2)14-3-6-16(7-4-14)29-22(28-23(30)18(12-27)24(29)32)21-10-9-20(31-21)17-11-15(25)5-8-19(17)26/h3-11,13,22,32H,1-2H3,(H,28,30). The second-order valence-electron chi connectivity index (χ2n) is 7.63. The van der Waals surface area contributed by atoms with E-state index in [-0.39, 0.29) is 10.6 Å². The number of nitrogens with zero attached hydrogens (tertiary/aromatic N) is 2. The third-order valence-corrected chi connectivity index (χ3v) is 6.25. The van der Waals surface area contributed by atoms with E-state index in [0.717, 1.165) is 5.69 Å². The minimum absolute atomic E-state index is 0.0674. The smallest absolute Gasteiger partial charge is 0.266 e. The van der Waals surface area contributed by atoms with E-state index in [2.05, 4.69) is 31.8 Å². The Morgan fingerprint density at radius 3 is 2.50 bits per heavy atom. The van der Waals surface area contributed by atoms with Gasteiger partial charge < -0.3 is 14.6 Å². The van der Waals surface area contributed by atoms with E-state index in [1.54, 1.807) is 35.2 Å². The number of hydrogen-bond donors (Lipinski definition) is 2. The van der Waals surface area contributed by atoms with Crippen molar-refractivity contribution in [2.75, 3.05) is 4.90 Å². The van der Waals surface area contributed by atoms with Crippen LogP contribution in [0.4, 0.5) is 5.69 Å². The number of amides is 1. The van der Waals surface area contributed by atoms with Crippen LogP contribution in [0.2, 0.25) is 10.0 Å². The lowest BCUT2D eigenvalue weighted by Crippen LogP contribution is -2.45. The second kappa shape index (κ2) is 8.95. The molecule has 0 aliphatic carbocycles. The molecule has 1 aromatic heterocycles. The van der Waals surface area contributed by atoms with Gasteiger partial charge in [-0.05, 0) is 53.9 Å². The highest BCUT2D eigenvalue weighted by atomic mass is 35.5. The van der Waals surface area contributed by atoms with Gasteiger partial charge in [0.25, 0.3) is 5.91 Å². The average Bonchev–Trinajstić information content (AvgIpc) is 3.25. The first-order valence-electron chi connectivity index (χ1n) is 9.88. The fourth-order valence-corrected chi connectivity index (χ4v) is 4.29.